The summed E-state index contributed by atoms with van der Waals surface area (Å²) < 4.78 is 15.6. The molecule has 1 aliphatic heterocycles. The van der Waals surface area contributed by atoms with Crippen molar-refractivity contribution in [3.8, 4) is 11.5 Å². The first-order valence-corrected chi connectivity index (χ1v) is 7.76. The molecule has 0 aliphatic carbocycles. The SMILES string of the molecule is C=CCc1ccc(O)c(O[C@@H]2O[C@H](COC(C)=O)[C@@H](O)[C@H](O)[C@H]2O)c1. The highest BCUT2D eigenvalue weighted by molar-refractivity contribution is 5.65. The van der Waals surface area contributed by atoms with Crippen LogP contribution in [0.2, 0.25) is 0 Å². The van der Waals surface area contributed by atoms with Gasteiger partial charge in [0.05, 0.1) is 0 Å². The van der Waals surface area contributed by atoms with Crippen LogP contribution in [-0.4, -0.2) is 63.7 Å². The maximum Gasteiger partial charge on any atom is 0.302 e. The fourth-order valence-corrected chi connectivity index (χ4v) is 2.42. The highest BCUT2D eigenvalue weighted by Gasteiger charge is 2.45. The van der Waals surface area contributed by atoms with E-state index in [0.717, 1.165) is 5.56 Å². The molecule has 0 bridgehead atoms. The average molecular weight is 354 g/mol. The van der Waals surface area contributed by atoms with Gasteiger partial charge in [-0.1, -0.05) is 12.1 Å². The molecule has 1 aromatic rings. The van der Waals surface area contributed by atoms with E-state index < -0.39 is 36.7 Å². The Hall–Kier alpha value is -2.13. The summed E-state index contributed by atoms with van der Waals surface area (Å²) in [6.07, 6.45) is -4.84. The molecule has 25 heavy (non-hydrogen) atoms. The van der Waals surface area contributed by atoms with Crippen LogP contribution < -0.4 is 4.74 Å². The van der Waals surface area contributed by atoms with Crippen molar-refractivity contribution in [1.29, 1.82) is 0 Å². The summed E-state index contributed by atoms with van der Waals surface area (Å²) in [5.74, 6) is -0.720. The van der Waals surface area contributed by atoms with Crippen molar-refractivity contribution in [1.82, 2.24) is 0 Å². The Morgan fingerprint density at radius 1 is 1.28 bits per heavy atom. The number of benzene rings is 1. The number of esters is 1. The molecule has 8 nitrogen and oxygen atoms in total. The smallest absolute Gasteiger partial charge is 0.302 e. The van der Waals surface area contributed by atoms with E-state index in [0.29, 0.717) is 6.42 Å². The van der Waals surface area contributed by atoms with Crippen molar-refractivity contribution >= 4 is 5.97 Å². The van der Waals surface area contributed by atoms with Crippen LogP contribution in [0.15, 0.2) is 30.9 Å². The molecule has 1 aliphatic rings. The molecule has 0 aromatic heterocycles. The quantitative estimate of drug-likeness (QED) is 0.411. The van der Waals surface area contributed by atoms with Gasteiger partial charge in [0.15, 0.2) is 11.5 Å². The van der Waals surface area contributed by atoms with Gasteiger partial charge < -0.3 is 34.6 Å². The molecule has 2 rings (SSSR count). The number of ether oxygens (including phenoxy) is 3. The van der Waals surface area contributed by atoms with E-state index in [-0.39, 0.29) is 18.1 Å². The summed E-state index contributed by atoms with van der Waals surface area (Å²) in [5.41, 5.74) is 0.810. The Kier molecular flexibility index (Phi) is 6.38. The lowest BCUT2D eigenvalue weighted by atomic mass is 9.99. The van der Waals surface area contributed by atoms with Gasteiger partial charge in [0.1, 0.15) is 31.0 Å². The first kappa shape index (κ1) is 19.2. The van der Waals surface area contributed by atoms with E-state index in [4.69, 9.17) is 14.2 Å². The van der Waals surface area contributed by atoms with Crippen molar-refractivity contribution < 1.29 is 39.4 Å². The van der Waals surface area contributed by atoms with E-state index in [2.05, 4.69) is 6.58 Å². The van der Waals surface area contributed by atoms with Crippen molar-refractivity contribution in [2.75, 3.05) is 6.61 Å². The first-order chi connectivity index (χ1) is 11.8. The Morgan fingerprint density at radius 3 is 2.64 bits per heavy atom. The van der Waals surface area contributed by atoms with Crippen molar-refractivity contribution in [2.24, 2.45) is 0 Å². The number of phenols is 1. The molecule has 1 saturated heterocycles. The molecule has 0 amide bonds. The number of aliphatic hydroxyl groups is 3. The first-order valence-electron chi connectivity index (χ1n) is 7.76. The standard InChI is InChI=1S/C17H22O8/c1-3-4-10-5-6-11(19)12(7-10)24-17-16(22)15(21)14(20)13(25-17)8-23-9(2)18/h3,5-7,13-17,19-22H,1,4,8H2,2H3/t13-,14-,15+,16-,17-/m1/s1. The Balaban J connectivity index is 2.15. The highest BCUT2D eigenvalue weighted by Crippen LogP contribution is 2.31. The number of carbonyl (C=O) groups excluding carboxylic acids is 1. The molecule has 1 aromatic carbocycles. The molecule has 1 heterocycles. The number of rotatable bonds is 6. The van der Waals surface area contributed by atoms with Crippen molar-refractivity contribution in [3.05, 3.63) is 36.4 Å². The molecule has 0 radical (unpaired) electrons. The average Bonchev–Trinajstić information content (AvgIpc) is 2.57. The summed E-state index contributed by atoms with van der Waals surface area (Å²) in [6, 6.07) is 4.65. The normalized spacial score (nSPS) is 29.0. The molecule has 1 fully saturated rings. The van der Waals surface area contributed by atoms with Crippen molar-refractivity contribution in [2.45, 2.75) is 44.1 Å². The third-order valence-corrected chi connectivity index (χ3v) is 3.77. The molecule has 0 spiro atoms. The monoisotopic (exact) mass is 354 g/mol. The van der Waals surface area contributed by atoms with Crippen LogP contribution in [0.1, 0.15) is 12.5 Å². The van der Waals surface area contributed by atoms with Gasteiger partial charge in [-0.3, -0.25) is 4.79 Å². The number of allylic oxidation sites excluding steroid dienone is 1. The third kappa shape index (κ3) is 4.70. The molecular weight excluding hydrogens is 332 g/mol. The highest BCUT2D eigenvalue weighted by atomic mass is 16.7. The number of hydrogen-bond donors (Lipinski definition) is 4. The summed E-state index contributed by atoms with van der Waals surface area (Å²) in [5, 5.41) is 39.9. The Labute approximate surface area is 144 Å². The zero-order chi connectivity index (χ0) is 18.6. The van der Waals surface area contributed by atoms with E-state index in [9.17, 15) is 25.2 Å². The van der Waals surface area contributed by atoms with E-state index in [1.165, 1.54) is 13.0 Å². The molecule has 5 atom stereocenters. The largest absolute Gasteiger partial charge is 0.504 e. The summed E-state index contributed by atoms with van der Waals surface area (Å²) >= 11 is 0. The molecule has 0 saturated carbocycles. The van der Waals surface area contributed by atoms with Crippen LogP contribution in [0, 0.1) is 0 Å². The minimum absolute atomic E-state index is 0.0400. The lowest BCUT2D eigenvalue weighted by molar-refractivity contribution is -0.278. The second kappa shape index (κ2) is 8.30. The zero-order valence-electron chi connectivity index (χ0n) is 13.7. The van der Waals surface area contributed by atoms with Gasteiger partial charge in [-0.25, -0.2) is 0 Å². The van der Waals surface area contributed by atoms with Crippen molar-refractivity contribution in [3.63, 3.8) is 0 Å². The lowest BCUT2D eigenvalue weighted by Crippen LogP contribution is -2.60. The molecule has 4 N–H and O–H groups in total. The number of aliphatic hydroxyl groups excluding tert-OH is 3. The fraction of sp³-hybridized carbons (Fsp3) is 0.471. The maximum atomic E-state index is 10.9. The lowest BCUT2D eigenvalue weighted by Gasteiger charge is -2.39. The second-order valence-electron chi connectivity index (χ2n) is 5.73. The summed E-state index contributed by atoms with van der Waals surface area (Å²) in [6.45, 7) is 4.50. The van der Waals surface area contributed by atoms with Crippen LogP contribution in [0.5, 0.6) is 11.5 Å². The van der Waals surface area contributed by atoms with Gasteiger partial charge >= 0.3 is 5.97 Å². The Bertz CT molecular complexity index is 617. The third-order valence-electron chi connectivity index (χ3n) is 3.77. The van der Waals surface area contributed by atoms with Crippen LogP contribution in [-0.2, 0) is 20.7 Å². The van der Waals surface area contributed by atoms with Crippen LogP contribution in [0.3, 0.4) is 0 Å². The van der Waals surface area contributed by atoms with E-state index >= 15 is 0 Å². The second-order valence-corrected chi connectivity index (χ2v) is 5.73. The fourth-order valence-electron chi connectivity index (χ4n) is 2.42. The van der Waals surface area contributed by atoms with Crippen LogP contribution >= 0.6 is 0 Å². The zero-order valence-corrected chi connectivity index (χ0v) is 13.7. The molecule has 8 heteroatoms. The topological polar surface area (TPSA) is 126 Å². The van der Waals surface area contributed by atoms with Gasteiger partial charge in [0.25, 0.3) is 0 Å². The number of carbonyl (C=O) groups is 1. The van der Waals surface area contributed by atoms with Gasteiger partial charge in [0, 0.05) is 6.92 Å². The molecular formula is C17H22O8. The maximum absolute atomic E-state index is 10.9. The minimum atomic E-state index is -1.57. The molecule has 138 valence electrons. The number of phenolic OH excluding ortho intramolecular Hbond substituents is 1. The number of hydrogen-bond acceptors (Lipinski definition) is 8. The van der Waals surface area contributed by atoms with Gasteiger partial charge in [-0.2, -0.15) is 0 Å². The van der Waals surface area contributed by atoms with Crippen LogP contribution in [0.4, 0.5) is 0 Å². The predicted octanol–water partition coefficient (Wildman–Crippen LogP) is -0.130. The van der Waals surface area contributed by atoms with Crippen LogP contribution in [0.25, 0.3) is 0 Å². The van der Waals surface area contributed by atoms with Gasteiger partial charge in [-0.15, -0.1) is 6.58 Å². The predicted molar refractivity (Wildman–Crippen MR) is 86.0 cm³/mol. The Morgan fingerprint density at radius 2 is 2.00 bits per heavy atom. The summed E-state index contributed by atoms with van der Waals surface area (Å²) in [4.78, 5) is 10.9. The minimum Gasteiger partial charge on any atom is -0.504 e. The van der Waals surface area contributed by atoms with E-state index in [1.54, 1.807) is 18.2 Å². The van der Waals surface area contributed by atoms with Gasteiger partial charge in [-0.05, 0) is 24.1 Å². The van der Waals surface area contributed by atoms with E-state index in [1.807, 2.05) is 0 Å². The number of aromatic hydroxyl groups is 1. The molecule has 0 unspecified atom stereocenters. The van der Waals surface area contributed by atoms with Gasteiger partial charge in [0.2, 0.25) is 6.29 Å². The summed E-state index contributed by atoms with van der Waals surface area (Å²) in [7, 11) is 0.